The first kappa shape index (κ1) is 25.9. The Balaban J connectivity index is 2.00. The molecule has 194 valence electrons. The first-order valence-corrected chi connectivity index (χ1v) is 11.8. The molecule has 0 bridgehead atoms. The first-order chi connectivity index (χ1) is 16.6. The van der Waals surface area contributed by atoms with E-state index in [1.807, 2.05) is 20.8 Å². The molecule has 0 radical (unpaired) electrons. The predicted octanol–water partition coefficient (Wildman–Crippen LogP) is 0.877. The molecule has 8 N–H and O–H groups in total. The highest BCUT2D eigenvalue weighted by Crippen LogP contribution is 2.53. The van der Waals surface area contributed by atoms with Crippen LogP contribution in [0.1, 0.15) is 54.2 Å². The number of amides is 1. The molecule has 2 unspecified atom stereocenters. The van der Waals surface area contributed by atoms with Crippen molar-refractivity contribution in [3.63, 3.8) is 0 Å². The lowest BCUT2D eigenvalue weighted by molar-refractivity contribution is -0.148. The molecule has 1 amide bonds. The Labute approximate surface area is 208 Å². The van der Waals surface area contributed by atoms with Gasteiger partial charge in [0.2, 0.25) is 5.78 Å². The van der Waals surface area contributed by atoms with Gasteiger partial charge >= 0.3 is 0 Å². The van der Waals surface area contributed by atoms with Crippen molar-refractivity contribution in [2.75, 3.05) is 14.1 Å². The van der Waals surface area contributed by atoms with Crippen LogP contribution >= 0.6 is 0 Å². The lowest BCUT2D eigenvalue weighted by atomic mass is 9.58. The van der Waals surface area contributed by atoms with Crippen LogP contribution in [0.15, 0.2) is 28.7 Å². The highest BCUT2D eigenvalue weighted by molar-refractivity contribution is 6.24. The number of rotatable bonds is 3. The van der Waals surface area contributed by atoms with Crippen molar-refractivity contribution in [2.45, 2.75) is 57.2 Å². The monoisotopic (exact) mass is 499 g/mol. The summed E-state index contributed by atoms with van der Waals surface area (Å²) in [6.07, 6.45) is 0.261. The van der Waals surface area contributed by atoms with Gasteiger partial charge in [0.15, 0.2) is 11.4 Å². The average molecular weight is 500 g/mol. The number of primary amides is 1. The van der Waals surface area contributed by atoms with Crippen molar-refractivity contribution in [2.24, 2.45) is 23.3 Å². The van der Waals surface area contributed by atoms with Crippen LogP contribution < -0.4 is 11.5 Å². The number of Topliss-reactive ketones (excluding diaryl/α,β-unsaturated/α-hetero) is 2. The number of ketones is 2. The van der Waals surface area contributed by atoms with E-state index in [1.54, 1.807) is 20.2 Å². The molecule has 0 aliphatic heterocycles. The van der Waals surface area contributed by atoms with Crippen LogP contribution in [0.3, 0.4) is 0 Å². The van der Waals surface area contributed by atoms with Gasteiger partial charge in [0.05, 0.1) is 11.6 Å². The maximum absolute atomic E-state index is 13.8. The smallest absolute Gasteiger partial charge is 0.255 e. The van der Waals surface area contributed by atoms with E-state index in [1.165, 1.54) is 4.90 Å². The van der Waals surface area contributed by atoms with Gasteiger partial charge in [-0.25, -0.2) is 0 Å². The quantitative estimate of drug-likeness (QED) is 0.328. The van der Waals surface area contributed by atoms with Gasteiger partial charge in [-0.3, -0.25) is 19.3 Å². The average Bonchev–Trinajstić information content (AvgIpc) is 2.75. The fourth-order valence-corrected chi connectivity index (χ4v) is 6.15. The Bertz CT molecular complexity index is 1270. The number of hydrogen-bond donors (Lipinski definition) is 6. The molecule has 36 heavy (non-hydrogen) atoms. The lowest BCUT2D eigenvalue weighted by Gasteiger charge is -2.50. The van der Waals surface area contributed by atoms with Crippen molar-refractivity contribution in [1.82, 2.24) is 4.90 Å². The van der Waals surface area contributed by atoms with E-state index >= 15 is 0 Å². The molecule has 3 aliphatic carbocycles. The molecule has 0 spiro atoms. The van der Waals surface area contributed by atoms with Crippen molar-refractivity contribution < 1.29 is 34.8 Å². The lowest BCUT2D eigenvalue weighted by Crippen LogP contribution is -2.63. The summed E-state index contributed by atoms with van der Waals surface area (Å²) in [6.45, 7) is 5.75. The predicted molar refractivity (Wildman–Crippen MR) is 130 cm³/mol. The van der Waals surface area contributed by atoms with Crippen molar-refractivity contribution in [3.8, 4) is 5.75 Å². The molecule has 0 saturated heterocycles. The third-order valence-corrected chi connectivity index (χ3v) is 7.84. The van der Waals surface area contributed by atoms with Gasteiger partial charge in [0.25, 0.3) is 5.91 Å². The van der Waals surface area contributed by atoms with Crippen LogP contribution in [0.4, 0.5) is 0 Å². The maximum Gasteiger partial charge on any atom is 0.255 e. The Kier molecular flexibility index (Phi) is 5.86. The van der Waals surface area contributed by atoms with Crippen LogP contribution in [0, 0.1) is 11.8 Å². The number of carbonyl (C=O) groups is 3. The summed E-state index contributed by atoms with van der Waals surface area (Å²) in [6, 6.07) is 0.761. The van der Waals surface area contributed by atoms with E-state index in [0.717, 1.165) is 0 Å². The summed E-state index contributed by atoms with van der Waals surface area (Å²) in [7, 11) is 3.18. The Morgan fingerprint density at radius 3 is 2.31 bits per heavy atom. The second-order valence-electron chi connectivity index (χ2n) is 11.2. The number of aliphatic hydroxyl groups is 3. The Hall–Kier alpha value is -3.21. The van der Waals surface area contributed by atoms with Gasteiger partial charge in [-0.15, -0.1) is 0 Å². The second-order valence-corrected chi connectivity index (χ2v) is 11.2. The summed E-state index contributed by atoms with van der Waals surface area (Å²) in [4.78, 5) is 40.8. The van der Waals surface area contributed by atoms with Crippen LogP contribution in [0.2, 0.25) is 0 Å². The molecule has 4 rings (SSSR count). The minimum atomic E-state index is -2.65. The number of nitrogens with zero attached hydrogens (tertiary/aromatic N) is 1. The number of aromatic hydroxyl groups is 1. The highest BCUT2D eigenvalue weighted by Gasteiger charge is 2.63. The minimum Gasteiger partial charge on any atom is -0.510 e. The normalized spacial score (nSPS) is 28.3. The molecule has 0 heterocycles. The number of allylic oxidation sites excluding steroid dienone is 1. The number of fused-ring (bicyclic) bond motifs is 3. The van der Waals surface area contributed by atoms with E-state index < -0.39 is 63.5 Å². The van der Waals surface area contributed by atoms with Gasteiger partial charge in [-0.1, -0.05) is 20.8 Å². The van der Waals surface area contributed by atoms with Gasteiger partial charge < -0.3 is 31.9 Å². The number of hydrogen-bond acceptors (Lipinski definition) is 9. The molecule has 10 nitrogen and oxygen atoms in total. The van der Waals surface area contributed by atoms with Crippen molar-refractivity contribution in [3.05, 3.63) is 51.0 Å². The molecular weight excluding hydrogens is 466 g/mol. The van der Waals surface area contributed by atoms with Crippen LogP contribution in [0.5, 0.6) is 5.75 Å². The minimum absolute atomic E-state index is 0.0105. The standard InChI is InChI=1S/C26H33N3O7/c1-25(2,3)14-8-11(9-27)12-6-10-7-13-18(29(4)5)21(32)17(24(28)35)23(34)26(13,36)22(33)15(10)20(31)16(12)19(14)30/h8,10,13,18,30,32-33,36H,6-7,9,27H2,1-5H3,(H2,28,35)/t10?,13?,18-,26-/m0/s1. The second kappa shape index (κ2) is 8.16. The Morgan fingerprint density at radius 1 is 1.19 bits per heavy atom. The maximum atomic E-state index is 13.8. The first-order valence-electron chi connectivity index (χ1n) is 11.8. The van der Waals surface area contributed by atoms with Crippen molar-refractivity contribution >= 4 is 17.5 Å². The summed E-state index contributed by atoms with van der Waals surface area (Å²) in [5.41, 5.74) is 8.92. The summed E-state index contributed by atoms with van der Waals surface area (Å²) in [5, 5.41) is 45.0. The number of phenols is 1. The van der Waals surface area contributed by atoms with Crippen LogP contribution in [-0.2, 0) is 28.0 Å². The molecule has 3 aliphatic rings. The van der Waals surface area contributed by atoms with Crippen molar-refractivity contribution in [1.29, 1.82) is 0 Å². The summed E-state index contributed by atoms with van der Waals surface area (Å²) in [5.74, 6) is -6.61. The Morgan fingerprint density at radius 2 is 1.81 bits per heavy atom. The number of carbonyl (C=O) groups excluding carboxylic acids is 3. The van der Waals surface area contributed by atoms with Gasteiger partial charge in [0.1, 0.15) is 22.8 Å². The number of nitrogens with two attached hydrogens (primary N) is 2. The number of benzene rings is 1. The topological polar surface area (TPSA) is 187 Å². The molecule has 10 heteroatoms. The molecule has 0 aromatic heterocycles. The molecule has 1 aromatic rings. The van der Waals surface area contributed by atoms with E-state index in [0.29, 0.717) is 16.7 Å². The van der Waals surface area contributed by atoms with E-state index in [9.17, 15) is 34.8 Å². The fourth-order valence-electron chi connectivity index (χ4n) is 6.15. The zero-order valence-corrected chi connectivity index (χ0v) is 21.0. The summed E-state index contributed by atoms with van der Waals surface area (Å²) < 4.78 is 0. The third kappa shape index (κ3) is 3.31. The number of phenolic OH excluding ortho intramolecular Hbond substituents is 1. The molecule has 1 aromatic carbocycles. The van der Waals surface area contributed by atoms with E-state index in [2.05, 4.69) is 0 Å². The number of aliphatic hydroxyl groups excluding tert-OH is 2. The zero-order valence-electron chi connectivity index (χ0n) is 21.0. The van der Waals surface area contributed by atoms with Crippen LogP contribution in [-0.4, -0.2) is 68.5 Å². The third-order valence-electron chi connectivity index (χ3n) is 7.84. The number of likely N-dealkylation sites (N-methyl/N-ethyl adjacent to an activating group) is 1. The van der Waals surface area contributed by atoms with Gasteiger partial charge in [0, 0.05) is 23.6 Å². The zero-order chi connectivity index (χ0) is 27.1. The van der Waals surface area contributed by atoms with Gasteiger partial charge in [-0.2, -0.15) is 0 Å². The SMILES string of the molecule is CN(C)[C@@H]1C(O)=C(C(N)=O)C(=O)[C@@]2(O)C(O)=C3C(=O)c4c(O)c(C(C)(C)C)cc(CN)c4CC3CC12. The van der Waals surface area contributed by atoms with E-state index in [-0.39, 0.29) is 36.3 Å². The summed E-state index contributed by atoms with van der Waals surface area (Å²) >= 11 is 0. The molecule has 0 fully saturated rings. The molecular formula is C26H33N3O7. The van der Waals surface area contributed by atoms with Crippen LogP contribution in [0.25, 0.3) is 0 Å². The highest BCUT2D eigenvalue weighted by atomic mass is 16.3. The van der Waals surface area contributed by atoms with Gasteiger partial charge in [-0.05, 0) is 55.5 Å². The molecule has 4 atom stereocenters. The fraction of sp³-hybridized carbons (Fsp3) is 0.500. The molecule has 0 saturated carbocycles. The van der Waals surface area contributed by atoms with E-state index in [4.69, 9.17) is 11.5 Å². The largest absolute Gasteiger partial charge is 0.510 e.